The van der Waals surface area contributed by atoms with E-state index in [1.807, 2.05) is 18.0 Å². The number of hydrogen-bond donors (Lipinski definition) is 0. The zero-order chi connectivity index (χ0) is 21.0. The van der Waals surface area contributed by atoms with Crippen LogP contribution in [0.2, 0.25) is 0 Å². The van der Waals surface area contributed by atoms with Crippen LogP contribution in [0, 0.1) is 17.2 Å². The first kappa shape index (κ1) is 20.9. The largest absolute Gasteiger partial charge is 0.448 e. The summed E-state index contributed by atoms with van der Waals surface area (Å²) in [5, 5.41) is 9.53. The monoisotopic (exact) mass is 418 g/mol. The number of aromatic nitrogens is 3. The zero-order valence-corrected chi connectivity index (χ0v) is 17.2. The standard InChI is InChI=1S/C19H23ClN6O3/c1-13-4-8-25(16(27)3-7-21)11-15(13)24(2)17-14-5-9-26(18(14)23-12-22-17)19(28)29-10-6-20/h5,9,12-13,15H,3-4,6,8,10-11H2,1-2H3/t13-,15+/m1/s1. The van der Waals surface area contributed by atoms with E-state index >= 15 is 0 Å². The van der Waals surface area contributed by atoms with Crippen molar-refractivity contribution in [3.8, 4) is 6.07 Å². The van der Waals surface area contributed by atoms with Crippen molar-refractivity contribution in [1.82, 2.24) is 19.4 Å². The van der Waals surface area contributed by atoms with E-state index < -0.39 is 6.09 Å². The number of carbonyl (C=O) groups excluding carboxylic acids is 2. The summed E-state index contributed by atoms with van der Waals surface area (Å²) in [6.45, 7) is 3.42. The number of carbonyl (C=O) groups is 2. The van der Waals surface area contributed by atoms with Gasteiger partial charge in [-0.15, -0.1) is 11.6 Å². The number of ether oxygens (including phenoxy) is 1. The summed E-state index contributed by atoms with van der Waals surface area (Å²) in [5.74, 6) is 1.06. The van der Waals surface area contributed by atoms with Crippen molar-refractivity contribution in [2.45, 2.75) is 25.8 Å². The number of piperidine rings is 1. The molecule has 3 rings (SSSR count). The van der Waals surface area contributed by atoms with Gasteiger partial charge >= 0.3 is 6.09 Å². The number of hydrogen-bond acceptors (Lipinski definition) is 7. The van der Waals surface area contributed by atoms with Gasteiger partial charge < -0.3 is 14.5 Å². The maximum atomic E-state index is 12.2. The molecule has 10 heteroatoms. The van der Waals surface area contributed by atoms with Gasteiger partial charge in [0.2, 0.25) is 5.91 Å². The Morgan fingerprint density at radius 3 is 2.97 bits per heavy atom. The van der Waals surface area contributed by atoms with E-state index in [0.717, 1.165) is 6.42 Å². The number of halogens is 1. The molecule has 154 valence electrons. The van der Waals surface area contributed by atoms with Crippen LogP contribution in [0.5, 0.6) is 0 Å². The summed E-state index contributed by atoms with van der Waals surface area (Å²) in [7, 11) is 1.92. The van der Waals surface area contributed by atoms with E-state index in [9.17, 15) is 9.59 Å². The molecule has 29 heavy (non-hydrogen) atoms. The van der Waals surface area contributed by atoms with E-state index in [2.05, 4.69) is 16.9 Å². The number of nitrogens with zero attached hydrogens (tertiary/aromatic N) is 6. The van der Waals surface area contributed by atoms with Crippen LogP contribution in [0.25, 0.3) is 11.0 Å². The molecular weight excluding hydrogens is 396 g/mol. The first-order chi connectivity index (χ1) is 14.0. The van der Waals surface area contributed by atoms with E-state index in [0.29, 0.717) is 35.9 Å². The Morgan fingerprint density at radius 1 is 1.45 bits per heavy atom. The SMILES string of the molecule is C[C@@H]1CCN(C(=O)CC#N)C[C@@H]1N(C)c1ncnc2c1ccn2C(=O)OCCCl. The Kier molecular flexibility index (Phi) is 6.54. The summed E-state index contributed by atoms with van der Waals surface area (Å²) in [6.07, 6.45) is 3.18. The second-order valence-electron chi connectivity index (χ2n) is 7.04. The fourth-order valence-corrected chi connectivity index (χ4v) is 3.76. The molecular formula is C19H23ClN6O3. The molecule has 2 atom stereocenters. The summed E-state index contributed by atoms with van der Waals surface area (Å²) in [5.41, 5.74) is 0.447. The van der Waals surface area contributed by atoms with Gasteiger partial charge in [-0.3, -0.25) is 4.79 Å². The van der Waals surface area contributed by atoms with Crippen LogP contribution in [0.3, 0.4) is 0 Å². The average molecular weight is 419 g/mol. The van der Waals surface area contributed by atoms with Crippen molar-refractivity contribution < 1.29 is 14.3 Å². The third-order valence-electron chi connectivity index (χ3n) is 5.29. The molecule has 0 N–H and O–H groups in total. The van der Waals surface area contributed by atoms with Gasteiger partial charge in [-0.25, -0.2) is 19.3 Å². The quantitative estimate of drug-likeness (QED) is 0.685. The molecule has 0 radical (unpaired) electrons. The van der Waals surface area contributed by atoms with Crippen molar-refractivity contribution in [3.63, 3.8) is 0 Å². The normalized spacial score (nSPS) is 19.0. The molecule has 9 nitrogen and oxygen atoms in total. The van der Waals surface area contributed by atoms with E-state index in [-0.39, 0.29) is 30.9 Å². The molecule has 0 unspecified atom stereocenters. The molecule has 2 aromatic heterocycles. The van der Waals surface area contributed by atoms with Gasteiger partial charge in [0.05, 0.1) is 23.4 Å². The highest BCUT2D eigenvalue weighted by Crippen LogP contribution is 2.29. The number of anilines is 1. The molecule has 2 aromatic rings. The van der Waals surface area contributed by atoms with Gasteiger partial charge in [0, 0.05) is 26.3 Å². The van der Waals surface area contributed by atoms with Gasteiger partial charge in [-0.1, -0.05) is 6.92 Å². The second-order valence-corrected chi connectivity index (χ2v) is 7.42. The van der Waals surface area contributed by atoms with Crippen LogP contribution in [0.15, 0.2) is 18.6 Å². The predicted octanol–water partition coefficient (Wildman–Crippen LogP) is 2.24. The maximum Gasteiger partial charge on any atom is 0.419 e. The average Bonchev–Trinajstić information content (AvgIpc) is 3.16. The molecule has 1 amide bonds. The number of rotatable bonds is 5. The number of nitriles is 1. The van der Waals surface area contributed by atoms with Crippen molar-refractivity contribution in [2.75, 3.05) is 37.5 Å². The lowest BCUT2D eigenvalue weighted by atomic mass is 9.92. The molecule has 0 aromatic carbocycles. The Balaban J connectivity index is 1.87. The van der Waals surface area contributed by atoms with Crippen LogP contribution in [-0.4, -0.2) is 70.1 Å². The first-order valence-electron chi connectivity index (χ1n) is 9.40. The highest BCUT2D eigenvalue weighted by atomic mass is 35.5. The number of fused-ring (bicyclic) bond motifs is 1. The van der Waals surface area contributed by atoms with Gasteiger partial charge in [0.1, 0.15) is 25.2 Å². The fourth-order valence-electron chi connectivity index (χ4n) is 3.68. The molecule has 0 spiro atoms. The van der Waals surface area contributed by atoms with Crippen molar-refractivity contribution >= 4 is 40.5 Å². The minimum absolute atomic E-state index is 0.0241. The van der Waals surface area contributed by atoms with Gasteiger partial charge in [0.15, 0.2) is 5.65 Å². The van der Waals surface area contributed by atoms with Crippen LogP contribution < -0.4 is 4.90 Å². The minimum Gasteiger partial charge on any atom is -0.448 e. The molecule has 0 aliphatic carbocycles. The molecule has 1 aliphatic heterocycles. The first-order valence-corrected chi connectivity index (χ1v) is 9.94. The van der Waals surface area contributed by atoms with Crippen LogP contribution in [0.1, 0.15) is 19.8 Å². The van der Waals surface area contributed by atoms with Gasteiger partial charge in [-0.05, 0) is 18.4 Å². The fraction of sp³-hybridized carbons (Fsp3) is 0.526. The van der Waals surface area contributed by atoms with E-state index in [1.54, 1.807) is 17.2 Å². The summed E-state index contributed by atoms with van der Waals surface area (Å²) in [6, 6.07) is 3.72. The van der Waals surface area contributed by atoms with Crippen molar-refractivity contribution in [1.29, 1.82) is 5.26 Å². The topological polar surface area (TPSA) is 104 Å². The molecule has 1 fully saturated rings. The third kappa shape index (κ3) is 4.27. The Hall–Kier alpha value is -2.86. The van der Waals surface area contributed by atoms with Crippen LogP contribution in [-0.2, 0) is 9.53 Å². The lowest BCUT2D eigenvalue weighted by Gasteiger charge is -2.42. The van der Waals surface area contributed by atoms with Crippen molar-refractivity contribution in [3.05, 3.63) is 18.6 Å². The number of alkyl halides is 1. The molecule has 1 aliphatic rings. The second kappa shape index (κ2) is 9.09. The molecule has 0 bridgehead atoms. The molecule has 3 heterocycles. The summed E-state index contributed by atoms with van der Waals surface area (Å²) >= 11 is 5.58. The maximum absolute atomic E-state index is 12.2. The van der Waals surface area contributed by atoms with E-state index in [4.69, 9.17) is 21.6 Å². The Labute approximate surface area is 173 Å². The highest BCUT2D eigenvalue weighted by molar-refractivity contribution is 6.18. The van der Waals surface area contributed by atoms with Crippen LogP contribution in [0.4, 0.5) is 10.6 Å². The lowest BCUT2D eigenvalue weighted by molar-refractivity contribution is -0.131. The molecule has 1 saturated heterocycles. The van der Waals surface area contributed by atoms with Crippen molar-refractivity contribution in [2.24, 2.45) is 5.92 Å². The predicted molar refractivity (Wildman–Crippen MR) is 108 cm³/mol. The minimum atomic E-state index is -0.549. The number of likely N-dealkylation sites (N-methyl/N-ethyl adjacent to an activating group) is 1. The zero-order valence-electron chi connectivity index (χ0n) is 16.4. The smallest absolute Gasteiger partial charge is 0.419 e. The lowest BCUT2D eigenvalue weighted by Crippen LogP contribution is -2.52. The number of amides is 1. The van der Waals surface area contributed by atoms with Gasteiger partial charge in [0.25, 0.3) is 0 Å². The van der Waals surface area contributed by atoms with E-state index in [1.165, 1.54) is 10.9 Å². The van der Waals surface area contributed by atoms with Crippen LogP contribution >= 0.6 is 11.6 Å². The van der Waals surface area contributed by atoms with Gasteiger partial charge in [-0.2, -0.15) is 5.26 Å². The molecule has 0 saturated carbocycles. The third-order valence-corrected chi connectivity index (χ3v) is 5.45. The summed E-state index contributed by atoms with van der Waals surface area (Å²) in [4.78, 5) is 36.8. The number of likely N-dealkylation sites (tertiary alicyclic amines) is 1. The summed E-state index contributed by atoms with van der Waals surface area (Å²) < 4.78 is 6.42. The highest BCUT2D eigenvalue weighted by Gasteiger charge is 2.32. The Morgan fingerprint density at radius 2 is 2.24 bits per heavy atom. The Bertz CT molecular complexity index is 940.